The fourth-order valence-corrected chi connectivity index (χ4v) is 5.24. The van der Waals surface area contributed by atoms with E-state index in [0.717, 1.165) is 17.2 Å². The zero-order valence-electron chi connectivity index (χ0n) is 18.2. The van der Waals surface area contributed by atoms with E-state index in [2.05, 4.69) is 19.9 Å². The molecule has 2 N–H and O–H groups in total. The van der Waals surface area contributed by atoms with E-state index in [-0.39, 0.29) is 15.8 Å². The Morgan fingerprint density at radius 1 is 1.03 bits per heavy atom. The topological polar surface area (TPSA) is 136 Å². The van der Waals surface area contributed by atoms with Crippen molar-refractivity contribution in [3.8, 4) is 11.8 Å². The number of nitrogens with zero attached hydrogens (tertiary/aromatic N) is 3. The predicted octanol–water partition coefficient (Wildman–Crippen LogP) is 3.01. The molecule has 1 atom stereocenters. The summed E-state index contributed by atoms with van der Waals surface area (Å²) in [5, 5.41) is 9.27. The van der Waals surface area contributed by atoms with Crippen LogP contribution in [0, 0.1) is 0 Å². The molecular formula is C21H23N5O5S2. The van der Waals surface area contributed by atoms with Crippen molar-refractivity contribution < 1.29 is 21.6 Å². The molecule has 0 aliphatic carbocycles. The first-order valence-electron chi connectivity index (χ1n) is 10.1. The first-order chi connectivity index (χ1) is 15.6. The zero-order valence-corrected chi connectivity index (χ0v) is 19.8. The Kier molecular flexibility index (Phi) is 5.99. The normalized spacial score (nSPS) is 13.3. The van der Waals surface area contributed by atoms with Crippen molar-refractivity contribution in [1.29, 1.82) is 0 Å². The molecule has 0 unspecified atom stereocenters. The fraction of sp³-hybridized carbons (Fsp3) is 0.238. The smallest absolute Gasteiger partial charge is 0.322 e. The molecule has 4 rings (SSSR count). The second kappa shape index (κ2) is 8.61. The fourth-order valence-electron chi connectivity index (χ4n) is 3.41. The molecule has 0 aliphatic heterocycles. The van der Waals surface area contributed by atoms with Crippen LogP contribution in [0.3, 0.4) is 0 Å². The van der Waals surface area contributed by atoms with Crippen LogP contribution in [-0.4, -0.2) is 42.8 Å². The number of H-pyrrole nitrogens is 1. The molecule has 0 bridgehead atoms. The maximum absolute atomic E-state index is 12.8. The lowest BCUT2D eigenvalue weighted by Gasteiger charge is -2.15. The van der Waals surface area contributed by atoms with Gasteiger partial charge in [0.1, 0.15) is 5.75 Å². The minimum absolute atomic E-state index is 0.0413. The number of rotatable bonds is 8. The average molecular weight is 490 g/mol. The summed E-state index contributed by atoms with van der Waals surface area (Å²) in [5.74, 6) is 0.947. The number of ether oxygens (including phenoxy) is 1. The molecule has 0 aliphatic rings. The standard InChI is InChI=1S/C21H23N5O5S2/c1-4-26-20(23-24-21(26)31-16-6-5-15-11-12-22-19(15)13-16)14(2)25-33(29,30)18-9-7-17(8-10-18)32(3,27)28/h5-14,22,25H,4H2,1-3H3/t14-/m1/s1. The quantitative estimate of drug-likeness (QED) is 0.388. The Morgan fingerprint density at radius 3 is 2.39 bits per heavy atom. The molecule has 2 aromatic carbocycles. The number of aromatic nitrogens is 4. The third-order valence-electron chi connectivity index (χ3n) is 5.08. The molecule has 174 valence electrons. The lowest BCUT2D eigenvalue weighted by molar-refractivity contribution is 0.408. The molecule has 0 radical (unpaired) electrons. The molecular weight excluding hydrogens is 466 g/mol. The Bertz CT molecular complexity index is 1510. The number of sulfone groups is 1. The summed E-state index contributed by atoms with van der Waals surface area (Å²) in [4.78, 5) is 3.10. The predicted molar refractivity (Wildman–Crippen MR) is 122 cm³/mol. The highest BCUT2D eigenvalue weighted by Crippen LogP contribution is 2.26. The lowest BCUT2D eigenvalue weighted by atomic mass is 10.2. The minimum atomic E-state index is -3.93. The zero-order chi connectivity index (χ0) is 23.8. The van der Waals surface area contributed by atoms with Gasteiger partial charge in [-0.2, -0.15) is 0 Å². The second-order valence-corrected chi connectivity index (χ2v) is 11.2. The first kappa shape index (κ1) is 23.0. The van der Waals surface area contributed by atoms with Crippen LogP contribution in [-0.2, 0) is 26.4 Å². The molecule has 0 saturated carbocycles. The van der Waals surface area contributed by atoms with Gasteiger partial charge in [0.2, 0.25) is 10.0 Å². The van der Waals surface area contributed by atoms with E-state index in [1.807, 2.05) is 37.4 Å². The first-order valence-corrected chi connectivity index (χ1v) is 13.5. The van der Waals surface area contributed by atoms with Crippen molar-refractivity contribution in [3.63, 3.8) is 0 Å². The van der Waals surface area contributed by atoms with Gasteiger partial charge in [0.25, 0.3) is 0 Å². The van der Waals surface area contributed by atoms with Gasteiger partial charge in [0, 0.05) is 30.6 Å². The maximum atomic E-state index is 12.8. The maximum Gasteiger partial charge on any atom is 0.322 e. The third-order valence-corrected chi connectivity index (χ3v) is 7.76. The van der Waals surface area contributed by atoms with Crippen molar-refractivity contribution >= 4 is 30.8 Å². The largest absolute Gasteiger partial charge is 0.424 e. The van der Waals surface area contributed by atoms with Crippen LogP contribution in [0.4, 0.5) is 0 Å². The van der Waals surface area contributed by atoms with E-state index in [9.17, 15) is 16.8 Å². The Labute approximate surface area is 191 Å². The lowest BCUT2D eigenvalue weighted by Crippen LogP contribution is -2.29. The SMILES string of the molecule is CCn1c(Oc2ccc3cc[nH]c3c2)nnc1[C@@H](C)NS(=O)(=O)c1ccc(S(C)(=O)=O)cc1. The molecule has 2 aromatic heterocycles. The van der Waals surface area contributed by atoms with Crippen LogP contribution in [0.5, 0.6) is 11.8 Å². The highest BCUT2D eigenvalue weighted by Gasteiger charge is 2.24. The summed E-state index contributed by atoms with van der Waals surface area (Å²) in [6, 6.07) is 12.1. The van der Waals surface area contributed by atoms with Gasteiger partial charge in [0.15, 0.2) is 15.7 Å². The van der Waals surface area contributed by atoms with Crippen molar-refractivity contribution in [1.82, 2.24) is 24.5 Å². The average Bonchev–Trinajstić information content (AvgIpc) is 3.39. The monoisotopic (exact) mass is 489 g/mol. The molecule has 10 nitrogen and oxygen atoms in total. The molecule has 0 amide bonds. The number of benzene rings is 2. The van der Waals surface area contributed by atoms with Crippen molar-refractivity contribution in [2.75, 3.05) is 6.26 Å². The second-order valence-electron chi connectivity index (χ2n) is 7.50. The van der Waals surface area contributed by atoms with Gasteiger partial charge in [-0.1, -0.05) is 5.10 Å². The number of nitrogens with one attached hydrogen (secondary N) is 2. The van der Waals surface area contributed by atoms with Crippen LogP contribution in [0.2, 0.25) is 0 Å². The summed E-state index contributed by atoms with van der Waals surface area (Å²) >= 11 is 0. The van der Waals surface area contributed by atoms with E-state index in [1.165, 1.54) is 24.3 Å². The number of aromatic amines is 1. The van der Waals surface area contributed by atoms with E-state index >= 15 is 0 Å². The molecule has 33 heavy (non-hydrogen) atoms. The molecule has 0 fully saturated rings. The Balaban J connectivity index is 1.55. The van der Waals surface area contributed by atoms with Crippen LogP contribution < -0.4 is 9.46 Å². The van der Waals surface area contributed by atoms with Gasteiger partial charge in [-0.3, -0.25) is 4.57 Å². The molecule has 4 aromatic rings. The summed E-state index contributed by atoms with van der Waals surface area (Å²) in [6.07, 6.45) is 2.90. The highest BCUT2D eigenvalue weighted by atomic mass is 32.2. The Morgan fingerprint density at radius 2 is 1.73 bits per heavy atom. The van der Waals surface area contributed by atoms with Crippen LogP contribution in [0.25, 0.3) is 10.9 Å². The van der Waals surface area contributed by atoms with Gasteiger partial charge in [0.05, 0.1) is 15.8 Å². The summed E-state index contributed by atoms with van der Waals surface area (Å²) in [6.45, 7) is 3.98. The number of hydrogen-bond donors (Lipinski definition) is 2. The van der Waals surface area contributed by atoms with Gasteiger partial charge < -0.3 is 9.72 Å². The van der Waals surface area contributed by atoms with Gasteiger partial charge >= 0.3 is 6.01 Å². The summed E-state index contributed by atoms with van der Waals surface area (Å²) in [5.41, 5.74) is 0.915. The van der Waals surface area contributed by atoms with Crippen LogP contribution in [0.15, 0.2) is 64.5 Å². The van der Waals surface area contributed by atoms with Gasteiger partial charge in [-0.05, 0) is 61.7 Å². The van der Waals surface area contributed by atoms with Crippen molar-refractivity contribution in [2.45, 2.75) is 36.2 Å². The number of sulfonamides is 1. The van der Waals surface area contributed by atoms with Gasteiger partial charge in [-0.15, -0.1) is 5.10 Å². The summed E-state index contributed by atoms with van der Waals surface area (Å²) < 4.78 is 59.0. The molecule has 0 saturated heterocycles. The number of hydrogen-bond acceptors (Lipinski definition) is 7. The van der Waals surface area contributed by atoms with E-state index in [4.69, 9.17) is 4.74 Å². The summed E-state index contributed by atoms with van der Waals surface area (Å²) in [7, 11) is -7.36. The van der Waals surface area contributed by atoms with Crippen molar-refractivity contribution in [3.05, 3.63) is 60.6 Å². The minimum Gasteiger partial charge on any atom is -0.424 e. The molecule has 2 heterocycles. The molecule has 0 spiro atoms. The van der Waals surface area contributed by atoms with E-state index in [0.29, 0.717) is 18.1 Å². The number of fused-ring (bicyclic) bond motifs is 1. The van der Waals surface area contributed by atoms with Crippen LogP contribution >= 0.6 is 0 Å². The highest BCUT2D eigenvalue weighted by molar-refractivity contribution is 7.90. The van der Waals surface area contributed by atoms with Crippen LogP contribution in [0.1, 0.15) is 25.7 Å². The van der Waals surface area contributed by atoms with Gasteiger partial charge in [-0.25, -0.2) is 21.6 Å². The van der Waals surface area contributed by atoms with E-state index in [1.54, 1.807) is 11.5 Å². The van der Waals surface area contributed by atoms with Crippen molar-refractivity contribution in [2.24, 2.45) is 0 Å². The van der Waals surface area contributed by atoms with E-state index < -0.39 is 25.9 Å². The third kappa shape index (κ3) is 4.77. The molecule has 12 heteroatoms. The Hall–Kier alpha value is -3.22.